The van der Waals surface area contributed by atoms with Crippen LogP contribution in [0.5, 0.6) is 0 Å². The molecular formula is C20H20ClN5O4S2. The van der Waals surface area contributed by atoms with E-state index in [9.17, 15) is 14.4 Å². The van der Waals surface area contributed by atoms with E-state index in [1.807, 2.05) is 0 Å². The van der Waals surface area contributed by atoms with Crippen molar-refractivity contribution in [1.29, 1.82) is 0 Å². The number of ether oxygens (including phenoxy) is 1. The summed E-state index contributed by atoms with van der Waals surface area (Å²) >= 11 is 8.41. The lowest BCUT2D eigenvalue weighted by molar-refractivity contribution is -0.142. The van der Waals surface area contributed by atoms with Crippen LogP contribution in [0.15, 0.2) is 35.0 Å². The van der Waals surface area contributed by atoms with E-state index >= 15 is 0 Å². The molecule has 0 bridgehead atoms. The van der Waals surface area contributed by atoms with Crippen LogP contribution in [0, 0.1) is 0 Å². The maximum absolute atomic E-state index is 12.2. The number of carbonyl (C=O) groups is 3. The Morgan fingerprint density at radius 2 is 1.75 bits per heavy atom. The number of hydrogen-bond donors (Lipinski definition) is 3. The van der Waals surface area contributed by atoms with Crippen molar-refractivity contribution < 1.29 is 19.1 Å². The van der Waals surface area contributed by atoms with Gasteiger partial charge in [0.15, 0.2) is 10.3 Å². The van der Waals surface area contributed by atoms with E-state index in [1.54, 1.807) is 41.9 Å². The molecule has 3 rings (SSSR count). The van der Waals surface area contributed by atoms with Crippen LogP contribution in [0.4, 0.5) is 20.7 Å². The highest BCUT2D eigenvalue weighted by Gasteiger charge is 2.12. The van der Waals surface area contributed by atoms with Crippen LogP contribution in [0.1, 0.15) is 24.7 Å². The molecular weight excluding hydrogens is 474 g/mol. The van der Waals surface area contributed by atoms with E-state index in [4.69, 9.17) is 16.3 Å². The van der Waals surface area contributed by atoms with Crippen LogP contribution in [0.3, 0.4) is 0 Å². The molecule has 0 spiro atoms. The van der Waals surface area contributed by atoms with Crippen molar-refractivity contribution in [2.75, 3.05) is 22.6 Å². The summed E-state index contributed by atoms with van der Waals surface area (Å²) in [4.78, 5) is 44.3. The molecule has 0 saturated carbocycles. The van der Waals surface area contributed by atoms with Gasteiger partial charge in [-0.15, -0.1) is 22.7 Å². The maximum Gasteiger partial charge on any atom is 0.325 e. The minimum absolute atomic E-state index is 0.0691. The Morgan fingerprint density at radius 3 is 2.50 bits per heavy atom. The molecule has 0 aliphatic carbocycles. The molecule has 3 amide bonds. The van der Waals surface area contributed by atoms with Gasteiger partial charge in [0.1, 0.15) is 0 Å². The van der Waals surface area contributed by atoms with Crippen LogP contribution in [0.2, 0.25) is 5.02 Å². The van der Waals surface area contributed by atoms with Gasteiger partial charge in [-0.25, -0.2) is 14.8 Å². The van der Waals surface area contributed by atoms with Crippen LogP contribution in [0.25, 0.3) is 0 Å². The molecule has 0 fully saturated rings. The fourth-order valence-electron chi connectivity index (χ4n) is 2.53. The molecule has 0 aliphatic heterocycles. The van der Waals surface area contributed by atoms with Gasteiger partial charge < -0.3 is 15.4 Å². The summed E-state index contributed by atoms with van der Waals surface area (Å²) in [5, 5.41) is 12.9. The Balaban J connectivity index is 1.42. The largest absolute Gasteiger partial charge is 0.466 e. The molecule has 12 heteroatoms. The first-order valence-corrected chi connectivity index (χ1v) is 11.7. The summed E-state index contributed by atoms with van der Waals surface area (Å²) in [5.41, 5.74) is 1.80. The Hall–Kier alpha value is -3.02. The first-order valence-electron chi connectivity index (χ1n) is 9.59. The molecule has 0 saturated heterocycles. The summed E-state index contributed by atoms with van der Waals surface area (Å²) < 4.78 is 4.88. The summed E-state index contributed by atoms with van der Waals surface area (Å²) in [6.07, 6.45) is 0.672. The first kappa shape index (κ1) is 23.6. The lowest BCUT2D eigenvalue weighted by atomic mass is 10.2. The number of anilines is 3. The number of nitrogens with zero attached hydrogens (tertiary/aromatic N) is 2. The topological polar surface area (TPSA) is 122 Å². The normalized spacial score (nSPS) is 10.4. The number of halogens is 1. The molecule has 0 radical (unpaired) electrons. The third kappa shape index (κ3) is 7.59. The number of benzene rings is 1. The molecule has 9 nitrogen and oxygen atoms in total. The number of urea groups is 1. The number of amides is 3. The highest BCUT2D eigenvalue weighted by molar-refractivity contribution is 7.14. The Bertz CT molecular complexity index is 1100. The van der Waals surface area contributed by atoms with Gasteiger partial charge in [-0.1, -0.05) is 17.7 Å². The molecule has 2 heterocycles. The molecule has 168 valence electrons. The van der Waals surface area contributed by atoms with Crippen LogP contribution < -0.4 is 16.0 Å². The van der Waals surface area contributed by atoms with Gasteiger partial charge in [-0.05, 0) is 31.5 Å². The average molecular weight is 494 g/mol. The van der Waals surface area contributed by atoms with E-state index in [2.05, 4.69) is 25.9 Å². The van der Waals surface area contributed by atoms with Crippen molar-refractivity contribution in [3.05, 3.63) is 51.4 Å². The number of aryl methyl sites for hydroxylation is 1. The zero-order chi connectivity index (χ0) is 22.9. The average Bonchev–Trinajstić information content (AvgIpc) is 3.35. The van der Waals surface area contributed by atoms with Crippen LogP contribution >= 0.6 is 34.3 Å². The SMILES string of the molecule is CCOC(=O)Cc1csc(NC(=O)CCc2csc(NC(=O)Nc3cccc(Cl)c3)n2)n1. The summed E-state index contributed by atoms with van der Waals surface area (Å²) in [6.45, 7) is 2.05. The highest BCUT2D eigenvalue weighted by Crippen LogP contribution is 2.20. The smallest absolute Gasteiger partial charge is 0.325 e. The predicted molar refractivity (Wildman–Crippen MR) is 126 cm³/mol. The van der Waals surface area contributed by atoms with Crippen LogP contribution in [-0.4, -0.2) is 34.5 Å². The standard InChI is InChI=1S/C20H20ClN5O4S2/c1-2-30-17(28)9-15-11-32-19(24-15)25-16(27)7-6-14-10-31-20(23-14)26-18(29)22-13-5-3-4-12(21)8-13/h3-5,8,10-11H,2,6-7,9H2,1H3,(H,24,25,27)(H2,22,23,26,29). The Labute approximate surface area is 197 Å². The fourth-order valence-corrected chi connectivity index (χ4v) is 4.19. The number of aromatic nitrogens is 2. The second kappa shape index (κ2) is 11.6. The molecule has 3 aromatic rings. The number of esters is 1. The molecule has 2 aromatic heterocycles. The molecule has 0 unspecified atom stereocenters. The second-order valence-electron chi connectivity index (χ2n) is 6.41. The van der Waals surface area contributed by atoms with E-state index < -0.39 is 6.03 Å². The zero-order valence-electron chi connectivity index (χ0n) is 17.0. The van der Waals surface area contributed by atoms with Gasteiger partial charge in [0.2, 0.25) is 5.91 Å². The van der Waals surface area contributed by atoms with Gasteiger partial charge in [-0.3, -0.25) is 14.9 Å². The molecule has 1 aromatic carbocycles. The third-order valence-electron chi connectivity index (χ3n) is 3.89. The summed E-state index contributed by atoms with van der Waals surface area (Å²) in [7, 11) is 0. The number of nitrogens with one attached hydrogen (secondary N) is 3. The fraction of sp³-hybridized carbons (Fsp3) is 0.250. The van der Waals surface area contributed by atoms with Crippen molar-refractivity contribution in [3.8, 4) is 0 Å². The molecule has 32 heavy (non-hydrogen) atoms. The van der Waals surface area contributed by atoms with Gasteiger partial charge in [0.05, 0.1) is 24.4 Å². The summed E-state index contributed by atoms with van der Waals surface area (Å²) in [6, 6.07) is 6.37. The van der Waals surface area contributed by atoms with Crippen molar-refractivity contribution >= 4 is 68.1 Å². The van der Waals surface area contributed by atoms with Gasteiger partial charge >= 0.3 is 12.0 Å². The number of carbonyl (C=O) groups excluding carboxylic acids is 3. The molecule has 0 atom stereocenters. The number of rotatable bonds is 9. The van der Waals surface area contributed by atoms with Gasteiger partial charge in [-0.2, -0.15) is 0 Å². The van der Waals surface area contributed by atoms with Crippen molar-refractivity contribution in [3.63, 3.8) is 0 Å². The Kier molecular flexibility index (Phi) is 8.54. The lowest BCUT2D eigenvalue weighted by Gasteiger charge is -2.05. The minimum Gasteiger partial charge on any atom is -0.466 e. The molecule has 0 aliphatic rings. The van der Waals surface area contributed by atoms with Crippen LogP contribution in [-0.2, 0) is 27.2 Å². The van der Waals surface area contributed by atoms with Crippen molar-refractivity contribution in [2.45, 2.75) is 26.2 Å². The van der Waals surface area contributed by atoms with Gasteiger partial charge in [0, 0.05) is 27.9 Å². The van der Waals surface area contributed by atoms with E-state index in [-0.39, 0.29) is 24.7 Å². The summed E-state index contributed by atoms with van der Waals surface area (Å²) in [5.74, 6) is -0.576. The second-order valence-corrected chi connectivity index (χ2v) is 8.56. The predicted octanol–water partition coefficient (Wildman–Crippen LogP) is 4.57. The van der Waals surface area contributed by atoms with Crippen molar-refractivity contribution in [1.82, 2.24) is 9.97 Å². The third-order valence-corrected chi connectivity index (χ3v) is 5.74. The van der Waals surface area contributed by atoms with Gasteiger partial charge in [0.25, 0.3) is 0 Å². The zero-order valence-corrected chi connectivity index (χ0v) is 19.4. The van der Waals surface area contributed by atoms with Crippen molar-refractivity contribution in [2.24, 2.45) is 0 Å². The van der Waals surface area contributed by atoms with E-state index in [0.717, 1.165) is 0 Å². The quantitative estimate of drug-likeness (QED) is 0.375. The number of thiazole rings is 2. The number of hydrogen-bond acceptors (Lipinski definition) is 8. The first-order chi connectivity index (χ1) is 15.4. The maximum atomic E-state index is 12.2. The Morgan fingerprint density at radius 1 is 1.03 bits per heavy atom. The monoisotopic (exact) mass is 493 g/mol. The lowest BCUT2D eigenvalue weighted by Crippen LogP contribution is -2.19. The minimum atomic E-state index is -0.437. The van der Waals surface area contributed by atoms with E-state index in [1.165, 1.54) is 22.7 Å². The van der Waals surface area contributed by atoms with E-state index in [0.29, 0.717) is 45.4 Å². The highest BCUT2D eigenvalue weighted by atomic mass is 35.5. The molecule has 3 N–H and O–H groups in total.